The van der Waals surface area contributed by atoms with Crippen molar-refractivity contribution in [1.29, 1.82) is 5.26 Å². The first-order chi connectivity index (χ1) is 26.6. The molecule has 2 heterocycles. The number of methoxy groups -OCH3 is 2. The molecule has 1 aliphatic heterocycles. The predicted molar refractivity (Wildman–Crippen MR) is 218 cm³/mol. The Hall–Kier alpha value is -4.26. The van der Waals surface area contributed by atoms with E-state index in [0.29, 0.717) is 6.42 Å². The summed E-state index contributed by atoms with van der Waals surface area (Å²) >= 11 is 0. The predicted octanol–water partition coefficient (Wildman–Crippen LogP) is 10.2. The van der Waals surface area contributed by atoms with Crippen LogP contribution in [0, 0.1) is 25.2 Å². The Bertz CT molecular complexity index is 1970. The third-order valence-corrected chi connectivity index (χ3v) is 12.4. The summed E-state index contributed by atoms with van der Waals surface area (Å²) in [5.41, 5.74) is 5.35. The minimum Gasteiger partial charge on any atom is -0.497 e. The van der Waals surface area contributed by atoms with Gasteiger partial charge >= 0.3 is 0 Å². The van der Waals surface area contributed by atoms with Crippen LogP contribution in [0.25, 0.3) is 10.9 Å². The maximum Gasteiger partial charge on any atom is 0.259 e. The van der Waals surface area contributed by atoms with Gasteiger partial charge in [-0.15, -0.1) is 0 Å². The van der Waals surface area contributed by atoms with Crippen LogP contribution in [0.15, 0.2) is 103 Å². The third-order valence-electron chi connectivity index (χ3n) is 10.2. The Kier molecular flexibility index (Phi) is 13.3. The SMILES string of the molecule is COc1ccc(C(OC[C@H]2O[C@@H](n3ccc4c(C)cc(C)cc43)C[C@@H]2OP(OCCC#N)N(C(C)C)C(C)C)(c2ccccc2)c2ccc(OC)cc2)cc1. The fourth-order valence-electron chi connectivity index (χ4n) is 7.70. The van der Waals surface area contributed by atoms with E-state index in [4.69, 9.17) is 28.0 Å². The van der Waals surface area contributed by atoms with E-state index in [1.54, 1.807) is 14.2 Å². The summed E-state index contributed by atoms with van der Waals surface area (Å²) in [4.78, 5) is 0. The molecule has 1 fully saturated rings. The van der Waals surface area contributed by atoms with Crippen LogP contribution in [-0.4, -0.2) is 61.0 Å². The van der Waals surface area contributed by atoms with Gasteiger partial charge in [0, 0.05) is 30.1 Å². The molecule has 0 N–H and O–H groups in total. The first-order valence-electron chi connectivity index (χ1n) is 19.1. The Morgan fingerprint density at radius 1 is 0.855 bits per heavy atom. The largest absolute Gasteiger partial charge is 0.497 e. The number of nitrogens with zero attached hydrogens (tertiary/aromatic N) is 3. The molecule has 4 atom stereocenters. The lowest BCUT2D eigenvalue weighted by Crippen LogP contribution is -2.39. The lowest BCUT2D eigenvalue weighted by atomic mass is 9.80. The molecule has 1 aliphatic rings. The summed E-state index contributed by atoms with van der Waals surface area (Å²) in [6.45, 7) is 13.4. The monoisotopic (exact) mass is 763 g/mol. The highest BCUT2D eigenvalue weighted by atomic mass is 31.2. The Morgan fingerprint density at radius 3 is 2.02 bits per heavy atom. The van der Waals surface area contributed by atoms with Crippen LogP contribution in [0.4, 0.5) is 0 Å². The van der Waals surface area contributed by atoms with Crippen molar-refractivity contribution in [3.8, 4) is 17.6 Å². The topological polar surface area (TPSA) is 87.3 Å². The molecule has 1 aromatic heterocycles. The molecule has 4 aromatic carbocycles. The second-order valence-corrected chi connectivity index (χ2v) is 16.0. The van der Waals surface area contributed by atoms with E-state index in [-0.39, 0.29) is 44.1 Å². The van der Waals surface area contributed by atoms with Crippen LogP contribution in [0.2, 0.25) is 0 Å². The molecule has 0 amide bonds. The number of aryl methyl sites for hydroxylation is 2. The van der Waals surface area contributed by atoms with Crippen molar-refractivity contribution in [2.24, 2.45) is 0 Å². The minimum atomic E-state index is -1.55. The molecule has 9 nitrogen and oxygen atoms in total. The van der Waals surface area contributed by atoms with Crippen LogP contribution < -0.4 is 9.47 Å². The molecule has 6 rings (SSSR count). The number of hydrogen-bond acceptors (Lipinski definition) is 8. The fourth-order valence-corrected chi connectivity index (χ4v) is 9.45. The summed E-state index contributed by atoms with van der Waals surface area (Å²) in [5.74, 6) is 1.51. The number of rotatable bonds is 17. The Labute approximate surface area is 327 Å². The van der Waals surface area contributed by atoms with E-state index < -0.39 is 20.2 Å². The van der Waals surface area contributed by atoms with Crippen molar-refractivity contribution < 1.29 is 28.0 Å². The molecule has 0 saturated carbocycles. The van der Waals surface area contributed by atoms with Gasteiger partial charge in [0.25, 0.3) is 8.53 Å². The second-order valence-electron chi connectivity index (χ2n) is 14.6. The van der Waals surface area contributed by atoms with Gasteiger partial charge in [-0.25, -0.2) is 4.67 Å². The molecule has 0 spiro atoms. The van der Waals surface area contributed by atoms with Crippen LogP contribution >= 0.6 is 8.53 Å². The molecule has 1 unspecified atom stereocenters. The highest BCUT2D eigenvalue weighted by Gasteiger charge is 2.45. The average molecular weight is 764 g/mol. The van der Waals surface area contributed by atoms with Gasteiger partial charge in [0.15, 0.2) is 0 Å². The van der Waals surface area contributed by atoms with Crippen LogP contribution in [0.1, 0.15) is 74.6 Å². The Balaban J connectivity index is 1.44. The Morgan fingerprint density at radius 2 is 1.45 bits per heavy atom. The summed E-state index contributed by atoms with van der Waals surface area (Å²) < 4.78 is 43.6. The standard InChI is InChI=1S/C45H54N3O6P/c1-31(2)48(32(3)4)55(52-26-12-24-46)54-42-29-44(47-25-23-40-34(6)27-33(5)28-41(40)47)53-43(42)30-51-45(35-13-10-9-11-14-35,36-15-19-38(49-7)20-16-36)37-17-21-39(50-8)22-18-37/h9-11,13-23,25,27-28,31-32,42-44H,12,26,29-30H2,1-8H3/t42-,43+,44+,55?/m0/s1. The molecule has 5 aromatic rings. The molecule has 0 bridgehead atoms. The van der Waals surface area contributed by atoms with Gasteiger partial charge in [0.05, 0.1) is 51.5 Å². The van der Waals surface area contributed by atoms with E-state index in [1.807, 2.05) is 42.5 Å². The van der Waals surface area contributed by atoms with Crippen LogP contribution in [-0.2, 0) is 24.1 Å². The molecular weight excluding hydrogens is 709 g/mol. The van der Waals surface area contributed by atoms with E-state index in [1.165, 1.54) is 16.5 Å². The zero-order valence-corrected chi connectivity index (χ0v) is 34.2. The third kappa shape index (κ3) is 8.76. The van der Waals surface area contributed by atoms with Gasteiger partial charge in [-0.2, -0.15) is 5.26 Å². The van der Waals surface area contributed by atoms with E-state index >= 15 is 0 Å². The van der Waals surface area contributed by atoms with E-state index in [2.05, 4.69) is 118 Å². The lowest BCUT2D eigenvalue weighted by molar-refractivity contribution is -0.0910. The quantitative estimate of drug-likeness (QED) is 0.0526. The van der Waals surface area contributed by atoms with Crippen molar-refractivity contribution in [2.45, 2.75) is 90.5 Å². The summed E-state index contributed by atoms with van der Waals surface area (Å²) in [6, 6.07) is 35.5. The van der Waals surface area contributed by atoms with Crippen molar-refractivity contribution in [2.75, 3.05) is 27.4 Å². The first-order valence-corrected chi connectivity index (χ1v) is 20.2. The van der Waals surface area contributed by atoms with Gasteiger partial charge in [-0.05, 0) is 106 Å². The van der Waals surface area contributed by atoms with Crippen molar-refractivity contribution in [3.05, 3.63) is 131 Å². The number of ether oxygens (including phenoxy) is 4. The maximum atomic E-state index is 9.38. The normalized spacial score (nSPS) is 18.0. The molecule has 0 radical (unpaired) electrons. The number of aromatic nitrogens is 1. The number of nitriles is 1. The van der Waals surface area contributed by atoms with Crippen molar-refractivity contribution >= 4 is 19.4 Å². The molecule has 10 heteroatoms. The fraction of sp³-hybridized carbons (Fsp3) is 0.400. The highest BCUT2D eigenvalue weighted by molar-refractivity contribution is 7.44. The molecule has 1 saturated heterocycles. The van der Waals surface area contributed by atoms with Gasteiger partial charge in [-0.3, -0.25) is 0 Å². The van der Waals surface area contributed by atoms with Crippen molar-refractivity contribution in [3.63, 3.8) is 0 Å². The van der Waals surface area contributed by atoms with E-state index in [9.17, 15) is 5.26 Å². The van der Waals surface area contributed by atoms with Gasteiger partial charge in [0.1, 0.15) is 29.4 Å². The maximum absolute atomic E-state index is 9.38. The molecule has 55 heavy (non-hydrogen) atoms. The minimum absolute atomic E-state index is 0.149. The lowest BCUT2D eigenvalue weighted by Gasteiger charge is -2.39. The highest BCUT2D eigenvalue weighted by Crippen LogP contribution is 2.51. The number of fused-ring (bicyclic) bond motifs is 1. The summed E-state index contributed by atoms with van der Waals surface area (Å²) in [5, 5.41) is 10.6. The first kappa shape index (κ1) is 40.4. The average Bonchev–Trinajstić information content (AvgIpc) is 3.79. The summed E-state index contributed by atoms with van der Waals surface area (Å²) in [6.07, 6.45) is 1.80. The van der Waals surface area contributed by atoms with Crippen LogP contribution in [0.5, 0.6) is 11.5 Å². The number of benzene rings is 4. The van der Waals surface area contributed by atoms with E-state index in [0.717, 1.165) is 33.7 Å². The van der Waals surface area contributed by atoms with Gasteiger partial charge in [0.2, 0.25) is 0 Å². The van der Waals surface area contributed by atoms with Crippen molar-refractivity contribution in [1.82, 2.24) is 9.24 Å². The van der Waals surface area contributed by atoms with Gasteiger partial charge < -0.3 is 32.6 Å². The zero-order valence-electron chi connectivity index (χ0n) is 33.3. The number of hydrogen-bond donors (Lipinski definition) is 0. The molecular formula is C45H54N3O6P. The second kappa shape index (κ2) is 18.1. The summed E-state index contributed by atoms with van der Waals surface area (Å²) in [7, 11) is 1.79. The smallest absolute Gasteiger partial charge is 0.259 e. The van der Waals surface area contributed by atoms with Crippen LogP contribution in [0.3, 0.4) is 0 Å². The molecule has 290 valence electrons. The molecule has 0 aliphatic carbocycles. The van der Waals surface area contributed by atoms with Gasteiger partial charge in [-0.1, -0.05) is 60.7 Å². The zero-order chi connectivity index (χ0) is 39.1.